The number of halogens is 1. The first kappa shape index (κ1) is 22.0. The Morgan fingerprint density at radius 3 is 2.76 bits per heavy atom. The Hall–Kier alpha value is -2.82. The molecule has 174 valence electrons. The average molecular weight is 491 g/mol. The highest BCUT2D eigenvalue weighted by atomic mass is 35.5. The summed E-state index contributed by atoms with van der Waals surface area (Å²) in [5.41, 5.74) is 1.26. The summed E-state index contributed by atoms with van der Waals surface area (Å²) < 4.78 is 39.1. The molecule has 0 unspecified atom stereocenters. The summed E-state index contributed by atoms with van der Waals surface area (Å²) in [5, 5.41) is 0.976. The highest BCUT2D eigenvalue weighted by molar-refractivity contribution is 7.89. The molecule has 0 radical (unpaired) electrons. The third kappa shape index (κ3) is 4.25. The zero-order valence-corrected chi connectivity index (χ0v) is 19.4. The number of carbonyl (C=O) groups excluding carboxylic acids is 1. The molecular weight excluding hydrogens is 468 g/mol. The smallest absolute Gasteiger partial charge is 0.245 e. The molecule has 3 aromatic rings. The summed E-state index contributed by atoms with van der Waals surface area (Å²) in [4.78, 5) is 21.8. The van der Waals surface area contributed by atoms with Crippen LogP contribution in [0.2, 0.25) is 5.02 Å². The number of carbonyl (C=O) groups is 1. The summed E-state index contributed by atoms with van der Waals surface area (Å²) in [5.74, 6) is 0.970. The zero-order valence-electron chi connectivity index (χ0n) is 17.8. The van der Waals surface area contributed by atoms with Crippen LogP contribution in [-0.2, 0) is 21.2 Å². The number of fused-ring (bicyclic) bond motifs is 2. The first-order valence-electron chi connectivity index (χ1n) is 10.7. The van der Waals surface area contributed by atoms with Crippen LogP contribution in [0.4, 0.5) is 0 Å². The Morgan fingerprint density at radius 1 is 1.15 bits per heavy atom. The maximum atomic E-state index is 13.2. The van der Waals surface area contributed by atoms with Crippen LogP contribution in [0.1, 0.15) is 12.0 Å². The van der Waals surface area contributed by atoms with Gasteiger partial charge in [-0.15, -0.1) is 0 Å². The van der Waals surface area contributed by atoms with E-state index in [1.807, 2.05) is 0 Å². The third-order valence-electron chi connectivity index (χ3n) is 5.84. The van der Waals surface area contributed by atoms with E-state index in [4.69, 9.17) is 21.1 Å². The van der Waals surface area contributed by atoms with Gasteiger partial charge in [0.25, 0.3) is 0 Å². The molecule has 0 spiro atoms. The number of amides is 1. The van der Waals surface area contributed by atoms with E-state index >= 15 is 0 Å². The van der Waals surface area contributed by atoms with Crippen LogP contribution in [0, 0.1) is 0 Å². The molecule has 0 saturated carbocycles. The first-order chi connectivity index (χ1) is 15.9. The van der Waals surface area contributed by atoms with Gasteiger partial charge >= 0.3 is 0 Å². The molecule has 4 heterocycles. The fourth-order valence-corrected chi connectivity index (χ4v) is 5.99. The van der Waals surface area contributed by atoms with Gasteiger partial charge < -0.3 is 19.4 Å². The second-order valence-electron chi connectivity index (χ2n) is 7.97. The summed E-state index contributed by atoms with van der Waals surface area (Å²) in [6.45, 7) is 2.15. The minimum atomic E-state index is -3.70. The van der Waals surface area contributed by atoms with Crippen molar-refractivity contribution in [2.24, 2.45) is 0 Å². The van der Waals surface area contributed by atoms with Gasteiger partial charge in [-0.05, 0) is 29.8 Å². The van der Waals surface area contributed by atoms with Gasteiger partial charge in [0.2, 0.25) is 15.9 Å². The van der Waals surface area contributed by atoms with E-state index in [9.17, 15) is 13.2 Å². The van der Waals surface area contributed by atoms with Gasteiger partial charge in [0.05, 0.1) is 24.7 Å². The Labute approximate surface area is 196 Å². The number of sulfonamides is 1. The Morgan fingerprint density at radius 2 is 1.94 bits per heavy atom. The molecule has 11 heteroatoms. The predicted octanol–water partition coefficient (Wildman–Crippen LogP) is 2.45. The standard InChI is InChI=1S/C22H23ClN4O5S/c23-17-11-15(12-18-21(17)32-10-2-9-31-18)13-20(28)26-5-7-27(8-6-26)33(29,30)19-14-25-22-16(19)3-1-4-24-22/h1,3-4,11-12,14H,2,5-10,13H2,(H,24,25). The molecule has 5 rings (SSSR count). The molecule has 1 fully saturated rings. The van der Waals surface area contributed by atoms with Gasteiger partial charge in [-0.1, -0.05) is 11.6 Å². The van der Waals surface area contributed by atoms with Crippen LogP contribution in [0.5, 0.6) is 11.5 Å². The van der Waals surface area contributed by atoms with Crippen molar-refractivity contribution in [1.29, 1.82) is 0 Å². The number of nitrogens with zero attached hydrogens (tertiary/aromatic N) is 3. The van der Waals surface area contributed by atoms with Crippen LogP contribution >= 0.6 is 11.6 Å². The van der Waals surface area contributed by atoms with Crippen molar-refractivity contribution in [3.63, 3.8) is 0 Å². The topological polar surface area (TPSA) is 105 Å². The molecule has 33 heavy (non-hydrogen) atoms. The zero-order chi connectivity index (χ0) is 23.0. The molecule has 0 atom stereocenters. The van der Waals surface area contributed by atoms with E-state index < -0.39 is 10.0 Å². The fourth-order valence-electron chi connectivity index (χ4n) is 4.13. The lowest BCUT2D eigenvalue weighted by Crippen LogP contribution is -2.50. The SMILES string of the molecule is O=C(Cc1cc(Cl)c2c(c1)OCCCO2)N1CCN(S(=O)(=O)c2c[nH]c3ncccc23)CC1. The molecule has 1 amide bonds. The van der Waals surface area contributed by atoms with E-state index in [-0.39, 0.29) is 30.3 Å². The van der Waals surface area contributed by atoms with E-state index in [1.54, 1.807) is 35.4 Å². The lowest BCUT2D eigenvalue weighted by atomic mass is 10.1. The average Bonchev–Trinajstić information content (AvgIpc) is 3.11. The van der Waals surface area contributed by atoms with Crippen LogP contribution in [0.3, 0.4) is 0 Å². The van der Waals surface area contributed by atoms with Gasteiger partial charge in [0, 0.05) is 50.4 Å². The van der Waals surface area contributed by atoms with E-state index in [0.29, 0.717) is 53.9 Å². The third-order valence-corrected chi connectivity index (χ3v) is 8.06. The minimum absolute atomic E-state index is 0.0890. The molecule has 2 aliphatic rings. The van der Waals surface area contributed by atoms with Gasteiger partial charge in [-0.3, -0.25) is 4.79 Å². The molecule has 1 N–H and O–H groups in total. The quantitative estimate of drug-likeness (QED) is 0.602. The van der Waals surface area contributed by atoms with Crippen molar-refractivity contribution < 1.29 is 22.7 Å². The molecule has 9 nitrogen and oxygen atoms in total. The highest BCUT2D eigenvalue weighted by Gasteiger charge is 2.32. The summed E-state index contributed by atoms with van der Waals surface area (Å²) in [7, 11) is -3.70. The lowest BCUT2D eigenvalue weighted by molar-refractivity contribution is -0.131. The van der Waals surface area contributed by atoms with Gasteiger partial charge in [-0.25, -0.2) is 13.4 Å². The number of nitrogens with one attached hydrogen (secondary N) is 1. The summed E-state index contributed by atoms with van der Waals surface area (Å²) in [6, 6.07) is 6.94. The number of benzene rings is 1. The van der Waals surface area contributed by atoms with Crippen LogP contribution < -0.4 is 9.47 Å². The number of H-pyrrole nitrogens is 1. The maximum Gasteiger partial charge on any atom is 0.245 e. The number of aromatic amines is 1. The molecule has 2 aliphatic heterocycles. The normalized spacial score (nSPS) is 17.2. The van der Waals surface area contributed by atoms with Crippen LogP contribution in [0.25, 0.3) is 11.0 Å². The maximum absolute atomic E-state index is 13.2. The van der Waals surface area contributed by atoms with E-state index in [1.165, 1.54) is 10.5 Å². The lowest BCUT2D eigenvalue weighted by Gasteiger charge is -2.34. The van der Waals surface area contributed by atoms with Crippen LogP contribution in [0.15, 0.2) is 41.6 Å². The number of piperazine rings is 1. The number of pyridine rings is 1. The van der Waals surface area contributed by atoms with Gasteiger partial charge in [-0.2, -0.15) is 4.31 Å². The number of hydrogen-bond donors (Lipinski definition) is 1. The molecular formula is C22H23ClN4O5S. The number of hydrogen-bond acceptors (Lipinski definition) is 6. The molecule has 0 aliphatic carbocycles. The largest absolute Gasteiger partial charge is 0.489 e. The first-order valence-corrected chi connectivity index (χ1v) is 12.5. The van der Waals surface area contributed by atoms with Crippen molar-refractivity contribution >= 4 is 38.6 Å². The van der Waals surface area contributed by atoms with Crippen molar-refractivity contribution in [3.8, 4) is 11.5 Å². The van der Waals surface area contributed by atoms with E-state index in [2.05, 4.69) is 9.97 Å². The molecule has 2 aromatic heterocycles. The van der Waals surface area contributed by atoms with Crippen molar-refractivity contribution in [2.75, 3.05) is 39.4 Å². The number of aromatic nitrogens is 2. The molecule has 1 aromatic carbocycles. The Balaban J connectivity index is 1.25. The Bertz CT molecular complexity index is 1300. The molecule has 1 saturated heterocycles. The number of ether oxygens (including phenoxy) is 2. The summed E-state index contributed by atoms with van der Waals surface area (Å²) in [6.07, 6.45) is 3.99. The summed E-state index contributed by atoms with van der Waals surface area (Å²) >= 11 is 6.34. The fraction of sp³-hybridized carbons (Fsp3) is 0.364. The number of rotatable bonds is 4. The second kappa shape index (κ2) is 8.85. The monoisotopic (exact) mass is 490 g/mol. The Kier molecular flexibility index (Phi) is 5.90. The second-order valence-corrected chi connectivity index (χ2v) is 10.3. The highest BCUT2D eigenvalue weighted by Crippen LogP contribution is 2.38. The van der Waals surface area contributed by atoms with Crippen molar-refractivity contribution in [2.45, 2.75) is 17.7 Å². The predicted molar refractivity (Wildman–Crippen MR) is 122 cm³/mol. The van der Waals surface area contributed by atoms with E-state index in [0.717, 1.165) is 12.0 Å². The van der Waals surface area contributed by atoms with Crippen LogP contribution in [-0.4, -0.2) is 72.9 Å². The van der Waals surface area contributed by atoms with Gasteiger partial charge in [0.1, 0.15) is 10.5 Å². The minimum Gasteiger partial charge on any atom is -0.489 e. The van der Waals surface area contributed by atoms with Crippen molar-refractivity contribution in [3.05, 3.63) is 47.2 Å². The molecule has 0 bridgehead atoms. The van der Waals surface area contributed by atoms with Gasteiger partial charge in [0.15, 0.2) is 11.5 Å². The van der Waals surface area contributed by atoms with Crippen molar-refractivity contribution in [1.82, 2.24) is 19.2 Å².